The predicted molar refractivity (Wildman–Crippen MR) is 141 cm³/mol. The van der Waals surface area contributed by atoms with Gasteiger partial charge in [-0.05, 0) is 59.5 Å². The van der Waals surface area contributed by atoms with Crippen molar-refractivity contribution in [3.63, 3.8) is 0 Å². The third-order valence-corrected chi connectivity index (χ3v) is 7.73. The van der Waals surface area contributed by atoms with Crippen LogP contribution in [0.2, 0.25) is 0 Å². The highest BCUT2D eigenvalue weighted by Crippen LogP contribution is 2.30. The molecule has 35 heavy (non-hydrogen) atoms. The van der Waals surface area contributed by atoms with E-state index in [4.69, 9.17) is 33.7 Å². The molecule has 0 fully saturated rings. The summed E-state index contributed by atoms with van der Waals surface area (Å²) in [5, 5.41) is 0.950. The summed E-state index contributed by atoms with van der Waals surface area (Å²) in [6.07, 6.45) is 0. The zero-order valence-corrected chi connectivity index (χ0v) is 21.4. The van der Waals surface area contributed by atoms with Crippen LogP contribution < -0.4 is 15.2 Å². The Kier molecular flexibility index (Phi) is 7.82. The van der Waals surface area contributed by atoms with Crippen LogP contribution in [-0.2, 0) is 34.9 Å². The third kappa shape index (κ3) is 5.70. The molecule has 3 aromatic carbocycles. The van der Waals surface area contributed by atoms with E-state index in [0.717, 1.165) is 27.7 Å². The number of ether oxygens (including phenoxy) is 1. The van der Waals surface area contributed by atoms with Gasteiger partial charge < -0.3 is 10.5 Å². The molecule has 0 saturated carbocycles. The number of nitrogen functional groups attached to an aromatic ring is 1. The second kappa shape index (κ2) is 10.8. The van der Waals surface area contributed by atoms with Crippen molar-refractivity contribution >= 4 is 49.8 Å². The molecule has 0 radical (unpaired) electrons. The molecule has 1 heterocycles. The maximum Gasteiger partial charge on any atom is 0.241 e. The lowest BCUT2D eigenvalue weighted by Crippen LogP contribution is -2.25. The highest BCUT2D eigenvalue weighted by Gasteiger charge is 2.23. The molecular weight excluding hydrogens is 505 g/mol. The number of para-hydroxylation sites is 1. The average Bonchev–Trinajstić information content (AvgIpc) is 2.86. The van der Waals surface area contributed by atoms with Gasteiger partial charge in [0.2, 0.25) is 10.0 Å². The van der Waals surface area contributed by atoms with Crippen LogP contribution in [0.5, 0.6) is 5.75 Å². The number of pyridine rings is 1. The lowest BCUT2D eigenvalue weighted by Gasteiger charge is -2.18. The van der Waals surface area contributed by atoms with Crippen molar-refractivity contribution in [1.82, 2.24) is 9.71 Å². The Morgan fingerprint density at radius 3 is 2.43 bits per heavy atom. The molecule has 3 N–H and O–H groups in total. The van der Waals surface area contributed by atoms with Crippen molar-refractivity contribution in [2.75, 3.05) is 5.73 Å². The zero-order chi connectivity index (χ0) is 25.0. The summed E-state index contributed by atoms with van der Waals surface area (Å²) in [4.78, 5) is 4.70. The number of halogens is 2. The third-order valence-electron chi connectivity index (χ3n) is 5.69. The number of hydrogen-bond acceptors (Lipinski definition) is 5. The molecule has 0 aliphatic rings. The van der Waals surface area contributed by atoms with Gasteiger partial charge in [-0.3, -0.25) is 0 Å². The highest BCUT2D eigenvalue weighted by atomic mass is 35.5. The second-order valence-electron chi connectivity index (χ2n) is 8.08. The molecule has 9 heteroatoms. The topological polar surface area (TPSA) is 94.3 Å². The Hall–Kier alpha value is -2.84. The van der Waals surface area contributed by atoms with E-state index in [1.807, 2.05) is 37.3 Å². The van der Waals surface area contributed by atoms with Crippen molar-refractivity contribution < 1.29 is 13.2 Å². The fourth-order valence-electron chi connectivity index (χ4n) is 3.80. The van der Waals surface area contributed by atoms with E-state index >= 15 is 0 Å². The first-order valence-corrected chi connectivity index (χ1v) is 13.5. The monoisotopic (exact) mass is 529 g/mol. The van der Waals surface area contributed by atoms with E-state index in [2.05, 4.69) is 9.71 Å². The summed E-state index contributed by atoms with van der Waals surface area (Å²) in [6.45, 7) is 2.13. The number of hydrogen-bond donors (Lipinski definition) is 2. The quantitative estimate of drug-likeness (QED) is 0.215. The number of benzene rings is 3. The molecule has 0 atom stereocenters. The Balaban J connectivity index is 1.65. The minimum atomic E-state index is -3.86. The summed E-state index contributed by atoms with van der Waals surface area (Å²) in [5.74, 6) is 0.769. The van der Waals surface area contributed by atoms with Crippen molar-refractivity contribution in [3.05, 3.63) is 94.7 Å². The fourth-order valence-corrected chi connectivity index (χ4v) is 5.71. The lowest BCUT2D eigenvalue weighted by atomic mass is 10.0. The van der Waals surface area contributed by atoms with Crippen LogP contribution in [0.4, 0.5) is 5.69 Å². The van der Waals surface area contributed by atoms with Gasteiger partial charge in [-0.15, -0.1) is 23.2 Å². The Bertz CT molecular complexity index is 1460. The van der Waals surface area contributed by atoms with Crippen molar-refractivity contribution in [2.45, 2.75) is 36.7 Å². The number of rotatable bonds is 9. The van der Waals surface area contributed by atoms with Crippen molar-refractivity contribution in [3.8, 4) is 5.75 Å². The van der Waals surface area contributed by atoms with Crippen LogP contribution in [0.25, 0.3) is 10.9 Å². The van der Waals surface area contributed by atoms with Gasteiger partial charge in [-0.25, -0.2) is 18.1 Å². The number of anilines is 1. The van der Waals surface area contributed by atoms with Crippen molar-refractivity contribution in [2.24, 2.45) is 0 Å². The molecule has 0 unspecified atom stereocenters. The number of sulfonamides is 1. The molecule has 0 aliphatic heterocycles. The number of nitrogens with two attached hydrogens (primary N) is 1. The minimum absolute atomic E-state index is 0.0194. The molecule has 182 valence electrons. The smallest absolute Gasteiger partial charge is 0.241 e. The highest BCUT2D eigenvalue weighted by molar-refractivity contribution is 7.89. The normalized spacial score (nSPS) is 11.6. The van der Waals surface area contributed by atoms with E-state index in [0.29, 0.717) is 22.6 Å². The zero-order valence-electron chi connectivity index (χ0n) is 19.1. The molecule has 6 nitrogen and oxygen atoms in total. The molecular formula is C26H25Cl2N3O3S. The molecule has 0 saturated heterocycles. The number of fused-ring (bicyclic) bond motifs is 1. The largest absolute Gasteiger partial charge is 0.487 e. The van der Waals surface area contributed by atoms with Gasteiger partial charge >= 0.3 is 0 Å². The van der Waals surface area contributed by atoms with Gasteiger partial charge in [0, 0.05) is 35.1 Å². The van der Waals surface area contributed by atoms with Crippen molar-refractivity contribution in [1.29, 1.82) is 0 Å². The molecule has 0 spiro atoms. The number of aromatic nitrogens is 1. The van der Waals surface area contributed by atoms with E-state index in [1.54, 1.807) is 30.3 Å². The maximum atomic E-state index is 13.2. The summed E-state index contributed by atoms with van der Waals surface area (Å²) in [6, 6.07) is 19.8. The standard InChI is InChI=1S/C26H25Cl2N3O3S/c1-17-5-8-19-3-2-4-24(26(19)31-17)34-16-23-20(13-27)9-12-25(22(23)14-28)35(32,33)30-15-18-6-10-21(29)11-7-18/h2-12,30H,13-16,29H2,1H3. The Morgan fingerprint density at radius 2 is 1.71 bits per heavy atom. The van der Waals surface area contributed by atoms with Gasteiger partial charge in [0.05, 0.1) is 4.90 Å². The summed E-state index contributed by atoms with van der Waals surface area (Å²) < 4.78 is 35.2. The number of aryl methyl sites for hydroxylation is 1. The van der Waals surface area contributed by atoms with E-state index in [1.165, 1.54) is 6.07 Å². The molecule has 0 aliphatic carbocycles. The summed E-state index contributed by atoms with van der Waals surface area (Å²) in [5.41, 5.74) is 10.6. The maximum absolute atomic E-state index is 13.2. The number of nitrogens with one attached hydrogen (secondary N) is 1. The first-order valence-electron chi connectivity index (χ1n) is 10.9. The minimum Gasteiger partial charge on any atom is -0.487 e. The lowest BCUT2D eigenvalue weighted by molar-refractivity contribution is 0.307. The molecule has 0 amide bonds. The van der Waals surface area contributed by atoms with Crippen LogP contribution in [0.1, 0.15) is 27.9 Å². The number of nitrogens with zero attached hydrogens (tertiary/aromatic N) is 1. The SMILES string of the molecule is Cc1ccc2cccc(OCc3c(CCl)ccc(S(=O)(=O)NCc4ccc(N)cc4)c3CCl)c2n1. The average molecular weight is 530 g/mol. The molecule has 1 aromatic heterocycles. The molecule has 0 bridgehead atoms. The Morgan fingerprint density at radius 1 is 0.943 bits per heavy atom. The van der Waals surface area contributed by atoms with E-state index < -0.39 is 10.0 Å². The van der Waals surface area contributed by atoms with Crippen LogP contribution in [0.15, 0.2) is 71.6 Å². The Labute approximate surface area is 215 Å². The van der Waals surface area contributed by atoms with Gasteiger partial charge in [0.1, 0.15) is 17.9 Å². The van der Waals surface area contributed by atoms with Gasteiger partial charge in [-0.2, -0.15) is 0 Å². The van der Waals surface area contributed by atoms with Gasteiger partial charge in [0.25, 0.3) is 0 Å². The predicted octanol–water partition coefficient (Wildman–Crippen LogP) is 5.66. The van der Waals surface area contributed by atoms with E-state index in [-0.39, 0.29) is 29.8 Å². The van der Waals surface area contributed by atoms with Gasteiger partial charge in [0.15, 0.2) is 0 Å². The summed E-state index contributed by atoms with van der Waals surface area (Å²) >= 11 is 12.5. The van der Waals surface area contributed by atoms with Crippen LogP contribution >= 0.6 is 23.2 Å². The molecule has 4 aromatic rings. The van der Waals surface area contributed by atoms with Crippen LogP contribution in [0.3, 0.4) is 0 Å². The first kappa shape index (κ1) is 25.3. The van der Waals surface area contributed by atoms with Gasteiger partial charge in [-0.1, -0.05) is 36.4 Å². The van der Waals surface area contributed by atoms with Crippen LogP contribution in [0, 0.1) is 6.92 Å². The fraction of sp³-hybridized carbons (Fsp3) is 0.192. The number of alkyl halides is 2. The first-order chi connectivity index (χ1) is 16.8. The van der Waals surface area contributed by atoms with Crippen LogP contribution in [-0.4, -0.2) is 13.4 Å². The molecule has 4 rings (SSSR count). The van der Waals surface area contributed by atoms with E-state index in [9.17, 15) is 8.42 Å². The second-order valence-corrected chi connectivity index (χ2v) is 10.4. The summed E-state index contributed by atoms with van der Waals surface area (Å²) in [7, 11) is -3.86.